The molecule has 1 aromatic rings. The van der Waals surface area contributed by atoms with Gasteiger partial charge in [-0.15, -0.1) is 0 Å². The van der Waals surface area contributed by atoms with Gasteiger partial charge >= 0.3 is 6.18 Å². The Bertz CT molecular complexity index is 463. The molecule has 0 heterocycles. The molecule has 1 atom stereocenters. The zero-order valence-corrected chi connectivity index (χ0v) is 8.78. The number of ether oxygens (including phenoxy) is 1. The second-order valence-electron chi connectivity index (χ2n) is 3.17. The molecule has 1 aromatic carbocycles. The summed E-state index contributed by atoms with van der Waals surface area (Å²) in [6.45, 7) is 0. The Morgan fingerprint density at radius 2 is 2.00 bits per heavy atom. The van der Waals surface area contributed by atoms with E-state index in [0.29, 0.717) is 0 Å². The summed E-state index contributed by atoms with van der Waals surface area (Å²) < 4.78 is 41.6. The Kier molecular flexibility index (Phi) is 3.73. The maximum atomic E-state index is 12.3. The van der Waals surface area contributed by atoms with Crippen LogP contribution in [-0.4, -0.2) is 19.1 Å². The highest BCUT2D eigenvalue weighted by atomic mass is 19.4. The second-order valence-corrected chi connectivity index (χ2v) is 3.17. The number of halogens is 3. The standard InChI is InChI=1S/C11H8F3NO2/c1-17-9-5-3-2-4-7(9)8(6-15)10(16)11(12,13)14/h2-5,8H,1H3. The first-order valence-electron chi connectivity index (χ1n) is 4.55. The van der Waals surface area contributed by atoms with E-state index in [1.54, 1.807) is 0 Å². The van der Waals surface area contributed by atoms with Crippen LogP contribution in [0.3, 0.4) is 0 Å². The lowest BCUT2D eigenvalue weighted by Crippen LogP contribution is -2.28. The maximum absolute atomic E-state index is 12.3. The molecule has 1 rings (SSSR count). The number of carbonyl (C=O) groups excluding carboxylic acids is 1. The van der Waals surface area contributed by atoms with Crippen molar-refractivity contribution in [2.75, 3.05) is 7.11 Å². The molecule has 0 N–H and O–H groups in total. The number of alkyl halides is 3. The van der Waals surface area contributed by atoms with Gasteiger partial charge < -0.3 is 4.74 Å². The molecule has 90 valence electrons. The number of hydrogen-bond donors (Lipinski definition) is 0. The van der Waals surface area contributed by atoms with Gasteiger partial charge in [-0.1, -0.05) is 18.2 Å². The summed E-state index contributed by atoms with van der Waals surface area (Å²) in [6, 6.07) is 6.98. The van der Waals surface area contributed by atoms with Crippen LogP contribution in [0, 0.1) is 11.3 Å². The first-order valence-corrected chi connectivity index (χ1v) is 4.55. The van der Waals surface area contributed by atoms with Gasteiger partial charge in [-0.25, -0.2) is 0 Å². The highest BCUT2D eigenvalue weighted by Gasteiger charge is 2.44. The van der Waals surface area contributed by atoms with Crippen LogP contribution >= 0.6 is 0 Å². The minimum absolute atomic E-state index is 0.0802. The molecule has 0 radical (unpaired) electrons. The van der Waals surface area contributed by atoms with Crippen molar-refractivity contribution >= 4 is 5.78 Å². The molecular formula is C11H8F3NO2. The zero-order chi connectivity index (χ0) is 13.1. The first-order chi connectivity index (χ1) is 7.91. The van der Waals surface area contributed by atoms with Crippen molar-refractivity contribution in [2.24, 2.45) is 0 Å². The fourth-order valence-electron chi connectivity index (χ4n) is 1.34. The predicted octanol–water partition coefficient (Wildman–Crippen LogP) is 2.43. The molecule has 0 saturated heterocycles. The molecule has 0 aliphatic rings. The summed E-state index contributed by atoms with van der Waals surface area (Å²) in [5.74, 6) is -3.91. The summed E-state index contributed by atoms with van der Waals surface area (Å²) >= 11 is 0. The van der Waals surface area contributed by atoms with Crippen LogP contribution in [0.15, 0.2) is 24.3 Å². The van der Waals surface area contributed by atoms with Gasteiger partial charge in [0.05, 0.1) is 13.2 Å². The summed E-state index contributed by atoms with van der Waals surface area (Å²) in [4.78, 5) is 11.1. The molecule has 0 bridgehead atoms. The quantitative estimate of drug-likeness (QED) is 0.819. The average Bonchev–Trinajstić information content (AvgIpc) is 2.29. The highest BCUT2D eigenvalue weighted by molar-refractivity contribution is 5.93. The molecule has 17 heavy (non-hydrogen) atoms. The lowest BCUT2D eigenvalue weighted by Gasteiger charge is -2.13. The summed E-state index contributed by atoms with van der Waals surface area (Å²) in [6.07, 6.45) is -5.04. The molecule has 0 aliphatic heterocycles. The lowest BCUT2D eigenvalue weighted by molar-refractivity contribution is -0.171. The van der Waals surface area contributed by atoms with E-state index in [9.17, 15) is 18.0 Å². The van der Waals surface area contributed by atoms with E-state index in [1.165, 1.54) is 37.4 Å². The van der Waals surface area contributed by atoms with E-state index in [-0.39, 0.29) is 11.3 Å². The van der Waals surface area contributed by atoms with Crippen molar-refractivity contribution in [2.45, 2.75) is 12.1 Å². The van der Waals surface area contributed by atoms with Crippen LogP contribution in [0.5, 0.6) is 5.75 Å². The molecule has 1 unspecified atom stereocenters. The van der Waals surface area contributed by atoms with Crippen molar-refractivity contribution in [3.8, 4) is 11.8 Å². The van der Waals surface area contributed by atoms with Gasteiger partial charge in [-0.05, 0) is 6.07 Å². The van der Waals surface area contributed by atoms with E-state index in [0.717, 1.165) is 0 Å². The molecule has 0 aliphatic carbocycles. The van der Waals surface area contributed by atoms with Gasteiger partial charge in [0, 0.05) is 5.56 Å². The number of benzene rings is 1. The van der Waals surface area contributed by atoms with Gasteiger partial charge in [0.25, 0.3) is 5.78 Å². The predicted molar refractivity (Wildman–Crippen MR) is 52.4 cm³/mol. The van der Waals surface area contributed by atoms with E-state index in [2.05, 4.69) is 0 Å². The summed E-state index contributed by atoms with van der Waals surface area (Å²) in [5.41, 5.74) is -0.0835. The van der Waals surface area contributed by atoms with E-state index < -0.39 is 17.9 Å². The van der Waals surface area contributed by atoms with Crippen molar-refractivity contribution in [3.05, 3.63) is 29.8 Å². The number of ketones is 1. The fourth-order valence-corrected chi connectivity index (χ4v) is 1.34. The number of methoxy groups -OCH3 is 1. The Labute approximate surface area is 95.4 Å². The first kappa shape index (κ1) is 13.0. The minimum atomic E-state index is -5.04. The molecule has 0 amide bonds. The van der Waals surface area contributed by atoms with Crippen molar-refractivity contribution in [1.82, 2.24) is 0 Å². The second kappa shape index (κ2) is 4.87. The van der Waals surface area contributed by atoms with Gasteiger partial charge in [0.15, 0.2) is 0 Å². The molecule has 3 nitrogen and oxygen atoms in total. The third kappa shape index (κ3) is 2.75. The Balaban J connectivity index is 3.20. The molecule has 0 spiro atoms. The third-order valence-corrected chi connectivity index (χ3v) is 2.12. The number of para-hydroxylation sites is 1. The molecule has 0 aromatic heterocycles. The molecule has 0 saturated carbocycles. The van der Waals surface area contributed by atoms with E-state index >= 15 is 0 Å². The SMILES string of the molecule is COc1ccccc1C(C#N)C(=O)C(F)(F)F. The third-order valence-electron chi connectivity index (χ3n) is 2.12. The Morgan fingerprint density at radius 3 is 2.47 bits per heavy atom. The zero-order valence-electron chi connectivity index (χ0n) is 8.78. The average molecular weight is 243 g/mol. The van der Waals surface area contributed by atoms with E-state index in [4.69, 9.17) is 10.00 Å². The van der Waals surface area contributed by atoms with Crippen LogP contribution < -0.4 is 4.74 Å². The topological polar surface area (TPSA) is 50.1 Å². The van der Waals surface area contributed by atoms with Crippen LogP contribution in [0.1, 0.15) is 11.5 Å². The van der Waals surface area contributed by atoms with Gasteiger partial charge in [0.1, 0.15) is 11.7 Å². The number of Topliss-reactive ketones (excluding diaryl/α,β-unsaturated/α-hetero) is 1. The maximum Gasteiger partial charge on any atom is 0.451 e. The number of nitrogens with zero attached hydrogens (tertiary/aromatic N) is 1. The van der Waals surface area contributed by atoms with E-state index in [1.807, 2.05) is 0 Å². The van der Waals surface area contributed by atoms with Crippen molar-refractivity contribution in [1.29, 1.82) is 5.26 Å². The van der Waals surface area contributed by atoms with Crippen molar-refractivity contribution in [3.63, 3.8) is 0 Å². The minimum Gasteiger partial charge on any atom is -0.496 e. The summed E-state index contributed by atoms with van der Waals surface area (Å²) in [7, 11) is 1.26. The molecule has 6 heteroatoms. The molecule has 0 fully saturated rings. The van der Waals surface area contributed by atoms with Gasteiger partial charge in [0.2, 0.25) is 0 Å². The summed E-state index contributed by atoms with van der Waals surface area (Å²) in [5, 5.41) is 8.71. The highest BCUT2D eigenvalue weighted by Crippen LogP contribution is 2.32. The number of hydrogen-bond acceptors (Lipinski definition) is 3. The van der Waals surface area contributed by atoms with Crippen LogP contribution in [0.25, 0.3) is 0 Å². The number of rotatable bonds is 3. The fraction of sp³-hybridized carbons (Fsp3) is 0.273. The lowest BCUT2D eigenvalue weighted by atomic mass is 9.95. The Morgan fingerprint density at radius 1 is 1.41 bits per heavy atom. The van der Waals surface area contributed by atoms with Crippen LogP contribution in [0.4, 0.5) is 13.2 Å². The van der Waals surface area contributed by atoms with Crippen molar-refractivity contribution < 1.29 is 22.7 Å². The Hall–Kier alpha value is -2.03. The van der Waals surface area contributed by atoms with Crippen LogP contribution in [-0.2, 0) is 4.79 Å². The largest absolute Gasteiger partial charge is 0.496 e. The smallest absolute Gasteiger partial charge is 0.451 e. The monoisotopic (exact) mass is 243 g/mol. The normalized spacial score (nSPS) is 12.6. The number of carbonyl (C=O) groups is 1. The molecular weight excluding hydrogens is 235 g/mol. The van der Waals surface area contributed by atoms with Gasteiger partial charge in [-0.3, -0.25) is 4.79 Å². The van der Waals surface area contributed by atoms with Crippen LogP contribution in [0.2, 0.25) is 0 Å². The number of nitriles is 1. The van der Waals surface area contributed by atoms with Gasteiger partial charge in [-0.2, -0.15) is 18.4 Å².